The number of aliphatic hydroxyl groups is 1. The molecule has 2 fully saturated rings. The van der Waals surface area contributed by atoms with Crippen molar-refractivity contribution in [2.45, 2.75) is 62.6 Å². The van der Waals surface area contributed by atoms with Gasteiger partial charge in [-0.15, -0.1) is 11.3 Å². The first-order chi connectivity index (χ1) is 23.9. The summed E-state index contributed by atoms with van der Waals surface area (Å²) in [5.41, 5.74) is 2.66. The normalized spacial score (nSPS) is 17.9. The number of hydrogen-bond donors (Lipinski definition) is 3. The van der Waals surface area contributed by atoms with Crippen molar-refractivity contribution >= 4 is 45.6 Å². The van der Waals surface area contributed by atoms with E-state index in [-0.39, 0.29) is 23.1 Å². The summed E-state index contributed by atoms with van der Waals surface area (Å²) in [7, 11) is 0. The standard InChI is InChI=1S/C37H41N5O6S/c43-33(26-13-15-38-16-14-26)34(44)29(21-24-7-2-1-3-8-24)40-36(46)32(30-22-49-23-39-30)41-35(45)31(37(47)42-17-19-48-20-18-42)28-12-6-10-25-9-4-5-11-27(25)28/h4-6,9-16,22-24,29,31-32,34,44H,1-3,7-8,17-21H2,(H,40,46)(H,41,45). The van der Waals surface area contributed by atoms with Crippen LogP contribution in [0.2, 0.25) is 0 Å². The molecule has 1 aliphatic carbocycles. The third kappa shape index (κ3) is 8.21. The molecule has 12 heteroatoms. The van der Waals surface area contributed by atoms with Crippen LogP contribution in [-0.2, 0) is 19.1 Å². The molecule has 256 valence electrons. The SMILES string of the molecule is O=C(NC(CC1CCCCC1)C(O)C(=O)c1ccncc1)C(NC(=O)C(C(=O)N1CCOCC1)c1cccc2ccccc12)c1cscn1. The molecule has 3 amide bonds. The van der Waals surface area contributed by atoms with E-state index in [1.807, 2.05) is 36.4 Å². The molecule has 1 saturated carbocycles. The number of rotatable bonds is 12. The summed E-state index contributed by atoms with van der Waals surface area (Å²) in [4.78, 5) is 66.1. The van der Waals surface area contributed by atoms with Crippen LogP contribution in [0.5, 0.6) is 0 Å². The number of nitrogens with zero attached hydrogens (tertiary/aromatic N) is 3. The smallest absolute Gasteiger partial charge is 0.249 e. The van der Waals surface area contributed by atoms with E-state index < -0.39 is 41.7 Å². The number of benzene rings is 2. The Bertz CT molecular complexity index is 1740. The number of nitrogens with one attached hydrogen (secondary N) is 2. The van der Waals surface area contributed by atoms with Gasteiger partial charge in [-0.2, -0.15) is 0 Å². The second kappa shape index (κ2) is 16.3. The highest BCUT2D eigenvalue weighted by molar-refractivity contribution is 7.07. The van der Waals surface area contributed by atoms with Gasteiger partial charge in [0, 0.05) is 36.4 Å². The van der Waals surface area contributed by atoms with Crippen LogP contribution in [0.1, 0.15) is 72.1 Å². The lowest BCUT2D eigenvalue weighted by molar-refractivity contribution is -0.142. The third-order valence-electron chi connectivity index (χ3n) is 9.52. The largest absolute Gasteiger partial charge is 0.383 e. The van der Waals surface area contributed by atoms with Gasteiger partial charge in [0.2, 0.25) is 17.7 Å². The molecule has 0 radical (unpaired) electrons. The van der Waals surface area contributed by atoms with Crippen molar-refractivity contribution in [3.63, 3.8) is 0 Å². The fourth-order valence-electron chi connectivity index (χ4n) is 6.90. The molecule has 1 saturated heterocycles. The molecule has 6 rings (SSSR count). The number of carbonyl (C=O) groups is 4. The maximum Gasteiger partial charge on any atom is 0.249 e. The van der Waals surface area contributed by atoms with Crippen LogP contribution in [0, 0.1) is 5.92 Å². The lowest BCUT2D eigenvalue weighted by Crippen LogP contribution is -2.53. The molecule has 0 bridgehead atoms. The number of amides is 3. The molecule has 3 heterocycles. The van der Waals surface area contributed by atoms with E-state index in [9.17, 15) is 24.3 Å². The molecule has 11 nitrogen and oxygen atoms in total. The molecule has 1 aliphatic heterocycles. The van der Waals surface area contributed by atoms with Crippen LogP contribution in [0.25, 0.3) is 10.8 Å². The molecule has 2 aromatic heterocycles. The van der Waals surface area contributed by atoms with Crippen molar-refractivity contribution in [1.82, 2.24) is 25.5 Å². The number of carbonyl (C=O) groups excluding carboxylic acids is 4. The Hall–Kier alpha value is -4.52. The second-order valence-electron chi connectivity index (χ2n) is 12.7. The fourth-order valence-corrected chi connectivity index (χ4v) is 7.48. The highest BCUT2D eigenvalue weighted by atomic mass is 32.1. The summed E-state index contributed by atoms with van der Waals surface area (Å²) < 4.78 is 5.46. The minimum Gasteiger partial charge on any atom is -0.383 e. The lowest BCUT2D eigenvalue weighted by Gasteiger charge is -2.32. The van der Waals surface area contributed by atoms with Gasteiger partial charge in [-0.05, 0) is 40.8 Å². The number of Topliss-reactive ketones (excluding diaryl/α,β-unsaturated/α-hetero) is 1. The van der Waals surface area contributed by atoms with Gasteiger partial charge in [0.25, 0.3) is 0 Å². The third-order valence-corrected chi connectivity index (χ3v) is 10.1. The Balaban J connectivity index is 1.30. The van der Waals surface area contributed by atoms with Crippen molar-refractivity contribution in [3.05, 3.63) is 94.7 Å². The number of ether oxygens (including phenoxy) is 1. The van der Waals surface area contributed by atoms with E-state index in [0.717, 1.165) is 42.9 Å². The van der Waals surface area contributed by atoms with Gasteiger partial charge in [0.15, 0.2) is 11.8 Å². The zero-order chi connectivity index (χ0) is 34.2. The predicted molar refractivity (Wildman–Crippen MR) is 185 cm³/mol. The summed E-state index contributed by atoms with van der Waals surface area (Å²) in [5.74, 6) is -3.23. The Morgan fingerprint density at radius 2 is 1.65 bits per heavy atom. The molecular weight excluding hydrogens is 643 g/mol. The minimum absolute atomic E-state index is 0.216. The zero-order valence-electron chi connectivity index (χ0n) is 27.2. The predicted octanol–water partition coefficient (Wildman–Crippen LogP) is 4.19. The average Bonchev–Trinajstić information content (AvgIpc) is 3.69. The Kier molecular flexibility index (Phi) is 11.4. The molecule has 4 unspecified atom stereocenters. The summed E-state index contributed by atoms with van der Waals surface area (Å²) in [6.07, 6.45) is 6.93. The van der Waals surface area contributed by atoms with Crippen LogP contribution < -0.4 is 10.6 Å². The van der Waals surface area contributed by atoms with Gasteiger partial charge in [0.1, 0.15) is 12.0 Å². The van der Waals surface area contributed by atoms with E-state index in [4.69, 9.17) is 4.74 Å². The monoisotopic (exact) mass is 683 g/mol. The summed E-state index contributed by atoms with van der Waals surface area (Å²) >= 11 is 1.26. The van der Waals surface area contributed by atoms with E-state index in [1.165, 1.54) is 35.9 Å². The number of hydrogen-bond acceptors (Lipinski definition) is 9. The van der Waals surface area contributed by atoms with Crippen molar-refractivity contribution in [2.75, 3.05) is 26.3 Å². The van der Waals surface area contributed by atoms with Crippen LogP contribution in [0.3, 0.4) is 0 Å². The number of pyridine rings is 1. The number of fused-ring (bicyclic) bond motifs is 1. The molecule has 0 spiro atoms. The highest BCUT2D eigenvalue weighted by Crippen LogP contribution is 2.31. The van der Waals surface area contributed by atoms with E-state index in [0.29, 0.717) is 38.3 Å². The molecule has 49 heavy (non-hydrogen) atoms. The first-order valence-corrected chi connectivity index (χ1v) is 17.8. The topological polar surface area (TPSA) is 151 Å². The quantitative estimate of drug-likeness (QED) is 0.149. The van der Waals surface area contributed by atoms with Crippen molar-refractivity contribution in [2.24, 2.45) is 5.92 Å². The first-order valence-electron chi connectivity index (χ1n) is 16.9. The summed E-state index contributed by atoms with van der Waals surface area (Å²) in [5, 5.41) is 20.5. The minimum atomic E-state index is -1.52. The Morgan fingerprint density at radius 1 is 0.918 bits per heavy atom. The molecule has 2 aliphatic rings. The van der Waals surface area contributed by atoms with Crippen LogP contribution in [-0.4, -0.2) is 81.9 Å². The number of thiazole rings is 1. The van der Waals surface area contributed by atoms with Crippen LogP contribution >= 0.6 is 11.3 Å². The Morgan fingerprint density at radius 3 is 2.39 bits per heavy atom. The average molecular weight is 684 g/mol. The van der Waals surface area contributed by atoms with E-state index in [1.54, 1.807) is 21.9 Å². The fraction of sp³-hybridized carbons (Fsp3) is 0.405. The van der Waals surface area contributed by atoms with Gasteiger partial charge in [-0.25, -0.2) is 4.98 Å². The van der Waals surface area contributed by atoms with Crippen molar-refractivity contribution in [1.29, 1.82) is 0 Å². The van der Waals surface area contributed by atoms with Gasteiger partial charge in [0.05, 0.1) is 30.5 Å². The number of aliphatic hydroxyl groups excluding tert-OH is 1. The van der Waals surface area contributed by atoms with Gasteiger partial charge < -0.3 is 25.4 Å². The zero-order valence-corrected chi connectivity index (χ0v) is 28.0. The lowest BCUT2D eigenvalue weighted by atomic mass is 9.82. The van der Waals surface area contributed by atoms with Crippen LogP contribution in [0.15, 0.2) is 77.9 Å². The maximum absolute atomic E-state index is 14.4. The van der Waals surface area contributed by atoms with Gasteiger partial charge in [-0.1, -0.05) is 74.6 Å². The molecule has 4 aromatic rings. The summed E-state index contributed by atoms with van der Waals surface area (Å²) in [6, 6.07) is 13.9. The maximum atomic E-state index is 14.4. The van der Waals surface area contributed by atoms with Gasteiger partial charge in [-0.3, -0.25) is 24.2 Å². The molecule has 2 aromatic carbocycles. The highest BCUT2D eigenvalue weighted by Gasteiger charge is 2.39. The van der Waals surface area contributed by atoms with Gasteiger partial charge >= 0.3 is 0 Å². The number of morpholine rings is 1. The van der Waals surface area contributed by atoms with Crippen molar-refractivity contribution in [3.8, 4) is 0 Å². The molecule has 4 atom stereocenters. The summed E-state index contributed by atoms with van der Waals surface area (Å²) in [6.45, 7) is 1.41. The van der Waals surface area contributed by atoms with E-state index >= 15 is 0 Å². The number of aromatic nitrogens is 2. The Labute approximate surface area is 289 Å². The van der Waals surface area contributed by atoms with Crippen LogP contribution in [0.4, 0.5) is 0 Å². The van der Waals surface area contributed by atoms with Crippen molar-refractivity contribution < 1.29 is 29.0 Å². The second-order valence-corrected chi connectivity index (χ2v) is 13.4. The number of ketones is 1. The molecular formula is C37H41N5O6S. The molecule has 3 N–H and O–H groups in total. The first kappa shape index (κ1) is 34.3. The van der Waals surface area contributed by atoms with E-state index in [2.05, 4.69) is 20.6 Å².